The number of hydrogen-bond donors (Lipinski definition) is 3. The van der Waals surface area contributed by atoms with Gasteiger partial charge < -0.3 is 20.1 Å². The molecule has 9 heteroatoms. The summed E-state index contributed by atoms with van der Waals surface area (Å²) in [5.74, 6) is -0.0108. The molecule has 0 radical (unpaired) electrons. The maximum absolute atomic E-state index is 16.4. The second-order valence-electron chi connectivity index (χ2n) is 10.8. The SMILES string of the molecule is C=C(Cc1ccccc1)Nc1cncc(C(=C)/C(F)=c2/c(-c3nc4c(N5CCN(C)CC5)cccc4[nH]3)n[nH]/c2=C/C)c1. The van der Waals surface area contributed by atoms with Crippen molar-refractivity contribution in [2.75, 3.05) is 43.4 Å². The van der Waals surface area contributed by atoms with Gasteiger partial charge in [-0.05, 0) is 37.7 Å². The quantitative estimate of drug-likeness (QED) is 0.245. The highest BCUT2D eigenvalue weighted by molar-refractivity contribution is 5.95. The monoisotopic (exact) mass is 574 g/mol. The van der Waals surface area contributed by atoms with E-state index in [9.17, 15) is 0 Å². The van der Waals surface area contributed by atoms with E-state index in [0.717, 1.165) is 54.2 Å². The summed E-state index contributed by atoms with van der Waals surface area (Å²) in [7, 11) is 2.14. The van der Waals surface area contributed by atoms with Gasteiger partial charge in [0.25, 0.3) is 0 Å². The topological polar surface area (TPSA) is 88.8 Å². The molecule has 0 aliphatic carbocycles. The van der Waals surface area contributed by atoms with Gasteiger partial charge in [-0.25, -0.2) is 9.37 Å². The smallest absolute Gasteiger partial charge is 0.159 e. The Morgan fingerprint density at radius 1 is 1.05 bits per heavy atom. The maximum atomic E-state index is 16.4. The van der Waals surface area contributed by atoms with Crippen LogP contribution >= 0.6 is 0 Å². The molecule has 1 aliphatic rings. The van der Waals surface area contributed by atoms with E-state index in [-0.39, 0.29) is 5.57 Å². The van der Waals surface area contributed by atoms with E-state index in [4.69, 9.17) is 4.98 Å². The van der Waals surface area contributed by atoms with Gasteiger partial charge in [0.1, 0.15) is 17.0 Å². The zero-order valence-electron chi connectivity index (χ0n) is 24.5. The number of halogens is 1. The second kappa shape index (κ2) is 12.1. The molecule has 1 saturated heterocycles. The maximum Gasteiger partial charge on any atom is 0.159 e. The van der Waals surface area contributed by atoms with E-state index in [1.54, 1.807) is 18.5 Å². The second-order valence-corrected chi connectivity index (χ2v) is 10.8. The van der Waals surface area contributed by atoms with Crippen molar-refractivity contribution in [2.24, 2.45) is 0 Å². The van der Waals surface area contributed by atoms with Crippen molar-refractivity contribution < 1.29 is 4.39 Å². The van der Waals surface area contributed by atoms with Gasteiger partial charge in [0, 0.05) is 55.6 Å². The Labute approximate surface area is 250 Å². The molecule has 1 fully saturated rings. The Morgan fingerprint density at radius 2 is 1.84 bits per heavy atom. The number of hydrogen-bond acceptors (Lipinski definition) is 6. The molecule has 1 aliphatic heterocycles. The van der Waals surface area contributed by atoms with Gasteiger partial charge in [-0.2, -0.15) is 5.10 Å². The van der Waals surface area contributed by atoms with Gasteiger partial charge in [-0.15, -0.1) is 0 Å². The van der Waals surface area contributed by atoms with Crippen LogP contribution in [0.3, 0.4) is 0 Å². The fourth-order valence-electron chi connectivity index (χ4n) is 5.43. The number of para-hydroxylation sites is 1. The summed E-state index contributed by atoms with van der Waals surface area (Å²) in [6.07, 6.45) is 5.74. The van der Waals surface area contributed by atoms with Gasteiger partial charge in [0.05, 0.1) is 33.7 Å². The number of H-pyrrole nitrogens is 2. The predicted octanol–water partition coefficient (Wildman–Crippen LogP) is 4.86. The average molecular weight is 575 g/mol. The number of nitrogens with one attached hydrogen (secondary N) is 3. The number of imidazole rings is 1. The number of likely N-dealkylation sites (N-methyl/N-ethyl adjacent to an activating group) is 1. The van der Waals surface area contributed by atoms with Gasteiger partial charge in [0.2, 0.25) is 0 Å². The summed E-state index contributed by atoms with van der Waals surface area (Å²) >= 11 is 0. The molecule has 8 nitrogen and oxygen atoms in total. The number of piperazine rings is 1. The van der Waals surface area contributed by atoms with Crippen LogP contribution in [0.15, 0.2) is 85.8 Å². The van der Waals surface area contributed by atoms with Crippen molar-refractivity contribution in [1.82, 2.24) is 30.0 Å². The first-order valence-electron chi connectivity index (χ1n) is 14.4. The van der Waals surface area contributed by atoms with Gasteiger partial charge in [-0.1, -0.05) is 55.6 Å². The third kappa shape index (κ3) is 5.85. The molecule has 3 aromatic heterocycles. The van der Waals surface area contributed by atoms with E-state index >= 15 is 4.39 Å². The van der Waals surface area contributed by atoms with Crippen LogP contribution in [-0.4, -0.2) is 63.3 Å². The van der Waals surface area contributed by atoms with Crippen molar-refractivity contribution in [3.05, 3.63) is 108 Å². The summed E-state index contributed by atoms with van der Waals surface area (Å²) in [6, 6.07) is 18.0. The standard InChI is InChI=1S/C34H35FN8/c1-5-27-30(31(35)23(3)25-19-26(21-36-20-25)37-22(2)18-24-10-7-6-8-11-24)33(41-40-27)34-38-28-12-9-13-29(32(28)39-34)43-16-14-42(4)15-17-43/h5-13,19-21,37,40H,2-3,14-18H2,1,4H3,(H,38,39)/b27-5+,31-30-. The van der Waals surface area contributed by atoms with E-state index in [0.29, 0.717) is 39.8 Å². The molecule has 0 spiro atoms. The van der Waals surface area contributed by atoms with Crippen LogP contribution < -0.4 is 20.8 Å². The normalized spacial score (nSPS) is 15.1. The lowest BCUT2D eigenvalue weighted by molar-refractivity contribution is 0.313. The summed E-state index contributed by atoms with van der Waals surface area (Å²) in [4.78, 5) is 17.3. The van der Waals surface area contributed by atoms with Gasteiger partial charge >= 0.3 is 0 Å². The molecular formula is C34H35FN8. The molecule has 6 rings (SSSR count). The zero-order chi connectivity index (χ0) is 29.9. The summed E-state index contributed by atoms with van der Waals surface area (Å²) in [5.41, 5.74) is 6.57. The number of fused-ring (bicyclic) bond motifs is 1. The Kier molecular flexibility index (Phi) is 7.89. The third-order valence-electron chi connectivity index (χ3n) is 7.80. The van der Waals surface area contributed by atoms with Crippen LogP contribution in [0.4, 0.5) is 15.8 Å². The van der Waals surface area contributed by atoms with Crippen LogP contribution in [0.5, 0.6) is 0 Å². The van der Waals surface area contributed by atoms with Gasteiger partial charge in [-0.3, -0.25) is 10.1 Å². The number of aromatic amines is 2. The van der Waals surface area contributed by atoms with E-state index in [1.165, 1.54) is 0 Å². The van der Waals surface area contributed by atoms with E-state index in [2.05, 4.69) is 61.6 Å². The lowest BCUT2D eigenvalue weighted by Crippen LogP contribution is -2.44. The van der Waals surface area contributed by atoms with Crippen molar-refractivity contribution in [1.29, 1.82) is 0 Å². The van der Waals surface area contributed by atoms with Gasteiger partial charge in [0.15, 0.2) is 5.82 Å². The van der Waals surface area contributed by atoms with E-state index in [1.807, 2.05) is 55.5 Å². The van der Waals surface area contributed by atoms with Crippen molar-refractivity contribution in [3.8, 4) is 11.5 Å². The number of pyridine rings is 1. The Balaban J connectivity index is 1.33. The lowest BCUT2D eigenvalue weighted by atomic mass is 10.1. The fourth-order valence-corrected chi connectivity index (χ4v) is 5.43. The Morgan fingerprint density at radius 3 is 2.60 bits per heavy atom. The van der Waals surface area contributed by atoms with Crippen molar-refractivity contribution in [2.45, 2.75) is 13.3 Å². The fraction of sp³-hybridized carbons (Fsp3) is 0.206. The van der Waals surface area contributed by atoms with Crippen molar-refractivity contribution >= 4 is 39.9 Å². The number of nitrogens with zero attached hydrogens (tertiary/aromatic N) is 5. The highest BCUT2D eigenvalue weighted by Crippen LogP contribution is 2.29. The minimum absolute atomic E-state index is 0.199. The summed E-state index contributed by atoms with van der Waals surface area (Å²) in [5, 5.41) is 11.6. The molecule has 43 heavy (non-hydrogen) atoms. The highest BCUT2D eigenvalue weighted by atomic mass is 19.1. The molecule has 2 aromatic carbocycles. The number of anilines is 2. The molecule has 0 unspecified atom stereocenters. The molecular weight excluding hydrogens is 539 g/mol. The molecule has 0 bridgehead atoms. The predicted molar refractivity (Wildman–Crippen MR) is 173 cm³/mol. The highest BCUT2D eigenvalue weighted by Gasteiger charge is 2.21. The van der Waals surface area contributed by atoms with Crippen LogP contribution in [0.25, 0.3) is 40.0 Å². The minimum atomic E-state index is -0.501. The molecule has 0 amide bonds. The molecule has 3 N–H and O–H groups in total. The Hall–Kier alpha value is -5.02. The minimum Gasteiger partial charge on any atom is -0.367 e. The summed E-state index contributed by atoms with van der Waals surface area (Å²) < 4.78 is 16.4. The largest absolute Gasteiger partial charge is 0.367 e. The van der Waals surface area contributed by atoms with E-state index < -0.39 is 5.83 Å². The first-order valence-corrected chi connectivity index (χ1v) is 14.4. The van der Waals surface area contributed by atoms with Crippen LogP contribution in [0.2, 0.25) is 0 Å². The van der Waals surface area contributed by atoms with Crippen molar-refractivity contribution in [3.63, 3.8) is 0 Å². The molecule has 0 atom stereocenters. The first-order chi connectivity index (χ1) is 20.9. The molecule has 218 valence electrons. The van der Waals surface area contributed by atoms with Crippen LogP contribution in [-0.2, 0) is 6.42 Å². The first kappa shape index (κ1) is 28.1. The van der Waals surface area contributed by atoms with Crippen LogP contribution in [0.1, 0.15) is 18.1 Å². The molecule has 0 saturated carbocycles. The number of benzene rings is 2. The average Bonchev–Trinajstić information content (AvgIpc) is 3.66. The molecule has 5 aromatic rings. The molecule has 4 heterocycles. The van der Waals surface area contributed by atoms with Crippen LogP contribution in [0, 0.1) is 0 Å². The summed E-state index contributed by atoms with van der Waals surface area (Å²) in [6.45, 7) is 13.9. The third-order valence-corrected chi connectivity index (χ3v) is 7.80. The zero-order valence-corrected chi connectivity index (χ0v) is 24.5. The number of allylic oxidation sites excluding steroid dienone is 2. The lowest BCUT2D eigenvalue weighted by Gasteiger charge is -2.34. The number of aromatic nitrogens is 5. The number of rotatable bonds is 8. The Bertz CT molecular complexity index is 1910.